The van der Waals surface area contributed by atoms with Crippen LogP contribution in [-0.2, 0) is 10.2 Å². The zero-order chi connectivity index (χ0) is 22.8. The Hall–Kier alpha value is -2.33. The van der Waals surface area contributed by atoms with Gasteiger partial charge < -0.3 is 9.64 Å². The van der Waals surface area contributed by atoms with E-state index in [1.54, 1.807) is 7.11 Å². The second kappa shape index (κ2) is 12.1. The lowest BCUT2D eigenvalue weighted by Gasteiger charge is -2.38. The zero-order valence-corrected chi connectivity index (χ0v) is 20.2. The molecule has 1 saturated heterocycles. The number of benzene rings is 2. The average molecular weight is 437 g/mol. The van der Waals surface area contributed by atoms with Crippen molar-refractivity contribution in [3.63, 3.8) is 0 Å². The summed E-state index contributed by atoms with van der Waals surface area (Å²) in [5, 5.41) is 0. The van der Waals surface area contributed by atoms with Crippen molar-refractivity contribution in [1.82, 2.24) is 4.90 Å². The third kappa shape index (κ3) is 6.13. The maximum absolute atomic E-state index is 13.4. The predicted molar refractivity (Wildman–Crippen MR) is 134 cm³/mol. The van der Waals surface area contributed by atoms with Crippen LogP contribution in [0.3, 0.4) is 0 Å². The summed E-state index contributed by atoms with van der Waals surface area (Å²) in [6.07, 6.45) is 6.13. The van der Waals surface area contributed by atoms with E-state index in [-0.39, 0.29) is 0 Å². The molecule has 0 amide bonds. The van der Waals surface area contributed by atoms with E-state index in [0.717, 1.165) is 63.3 Å². The third-order valence-corrected chi connectivity index (χ3v) is 7.01. The molecule has 1 fully saturated rings. The number of para-hydroxylation sites is 2. The van der Waals surface area contributed by atoms with Crippen molar-refractivity contribution in [3.8, 4) is 5.75 Å². The molecule has 1 atom stereocenters. The molecule has 4 nitrogen and oxygen atoms in total. The van der Waals surface area contributed by atoms with Gasteiger partial charge in [-0.25, -0.2) is 0 Å². The fraction of sp³-hybridized carbons (Fsp3) is 0.536. The van der Waals surface area contributed by atoms with Crippen LogP contribution >= 0.6 is 0 Å². The first-order valence-electron chi connectivity index (χ1n) is 12.3. The lowest BCUT2D eigenvalue weighted by atomic mass is 9.74. The highest BCUT2D eigenvalue weighted by Gasteiger charge is 2.34. The lowest BCUT2D eigenvalue weighted by Crippen LogP contribution is -2.48. The number of unbranched alkanes of at least 4 members (excludes halogenated alkanes) is 3. The van der Waals surface area contributed by atoms with Gasteiger partial charge in [0, 0.05) is 32.6 Å². The van der Waals surface area contributed by atoms with E-state index in [9.17, 15) is 4.79 Å². The van der Waals surface area contributed by atoms with E-state index in [1.165, 1.54) is 18.5 Å². The molecule has 1 unspecified atom stereocenters. The Morgan fingerprint density at radius 1 is 0.938 bits per heavy atom. The number of rotatable bonds is 12. The molecule has 1 heterocycles. The predicted octanol–water partition coefficient (Wildman–Crippen LogP) is 5.70. The summed E-state index contributed by atoms with van der Waals surface area (Å²) in [6, 6.07) is 18.7. The van der Waals surface area contributed by atoms with Crippen molar-refractivity contribution in [3.05, 3.63) is 60.2 Å². The number of piperazine rings is 1. The summed E-state index contributed by atoms with van der Waals surface area (Å²) in [4.78, 5) is 18.3. The maximum Gasteiger partial charge on any atom is 0.143 e. The van der Waals surface area contributed by atoms with Gasteiger partial charge in [-0.1, -0.05) is 68.7 Å². The largest absolute Gasteiger partial charge is 0.495 e. The Balaban J connectivity index is 1.60. The van der Waals surface area contributed by atoms with Gasteiger partial charge in [-0.2, -0.15) is 0 Å². The van der Waals surface area contributed by atoms with Gasteiger partial charge in [0.1, 0.15) is 11.5 Å². The second-order valence-corrected chi connectivity index (χ2v) is 9.18. The molecule has 3 rings (SSSR count). The van der Waals surface area contributed by atoms with Crippen LogP contribution in [0, 0.1) is 0 Å². The number of anilines is 1. The standard InChI is InChI=1S/C28H40N2O2/c1-4-5-6-10-17-27(31)28(2,24-13-8-7-9-14-24)18-19-29-20-22-30(23-21-29)25-15-11-12-16-26(25)32-3/h7-9,11-16H,4-6,10,17-23H2,1-3H3. The van der Waals surface area contributed by atoms with Crippen molar-refractivity contribution in [2.45, 2.75) is 57.8 Å². The Morgan fingerprint density at radius 3 is 2.31 bits per heavy atom. The van der Waals surface area contributed by atoms with Gasteiger partial charge in [-0.3, -0.25) is 9.69 Å². The summed E-state index contributed by atoms with van der Waals surface area (Å²) in [6.45, 7) is 9.30. The maximum atomic E-state index is 13.4. The number of carbonyl (C=O) groups excluding carboxylic acids is 1. The highest BCUT2D eigenvalue weighted by atomic mass is 16.5. The van der Waals surface area contributed by atoms with Gasteiger partial charge in [-0.15, -0.1) is 0 Å². The van der Waals surface area contributed by atoms with Crippen molar-refractivity contribution in [2.24, 2.45) is 0 Å². The topological polar surface area (TPSA) is 32.8 Å². The average Bonchev–Trinajstić information content (AvgIpc) is 2.86. The molecule has 1 aliphatic rings. The van der Waals surface area contributed by atoms with Crippen LogP contribution < -0.4 is 9.64 Å². The van der Waals surface area contributed by atoms with E-state index in [4.69, 9.17) is 4.74 Å². The molecule has 2 aromatic rings. The molecule has 1 aliphatic heterocycles. The Labute approximate surface area is 194 Å². The fourth-order valence-corrected chi connectivity index (χ4v) is 4.72. The SMILES string of the molecule is CCCCCCC(=O)C(C)(CCN1CCN(c2ccccc2OC)CC1)c1ccccc1. The molecule has 0 spiro atoms. The minimum Gasteiger partial charge on any atom is -0.495 e. The molecule has 0 aliphatic carbocycles. The number of nitrogens with zero attached hydrogens (tertiary/aromatic N) is 2. The summed E-state index contributed by atoms with van der Waals surface area (Å²) in [5.74, 6) is 1.33. The Kier molecular flexibility index (Phi) is 9.16. The van der Waals surface area contributed by atoms with Gasteiger partial charge in [-0.05, 0) is 44.0 Å². The molecule has 2 aromatic carbocycles. The van der Waals surface area contributed by atoms with E-state index < -0.39 is 5.41 Å². The van der Waals surface area contributed by atoms with Crippen LogP contribution in [-0.4, -0.2) is 50.5 Å². The van der Waals surface area contributed by atoms with Crippen LogP contribution in [0.5, 0.6) is 5.75 Å². The van der Waals surface area contributed by atoms with E-state index in [2.05, 4.69) is 60.0 Å². The fourth-order valence-electron chi connectivity index (χ4n) is 4.72. The number of carbonyl (C=O) groups is 1. The molecule has 0 aromatic heterocycles. The number of methoxy groups -OCH3 is 1. The molecule has 0 saturated carbocycles. The summed E-state index contributed by atoms with van der Waals surface area (Å²) in [5.41, 5.74) is 1.92. The monoisotopic (exact) mass is 436 g/mol. The highest BCUT2D eigenvalue weighted by Crippen LogP contribution is 2.32. The number of hydrogen-bond acceptors (Lipinski definition) is 4. The first-order chi connectivity index (χ1) is 15.6. The van der Waals surface area contributed by atoms with Crippen molar-refractivity contribution in [1.29, 1.82) is 0 Å². The van der Waals surface area contributed by atoms with Gasteiger partial charge in [0.2, 0.25) is 0 Å². The summed E-state index contributed by atoms with van der Waals surface area (Å²) < 4.78 is 5.55. The highest BCUT2D eigenvalue weighted by molar-refractivity contribution is 5.89. The van der Waals surface area contributed by atoms with Crippen molar-refractivity contribution >= 4 is 11.5 Å². The van der Waals surface area contributed by atoms with Crippen LogP contribution in [0.1, 0.15) is 57.9 Å². The smallest absolute Gasteiger partial charge is 0.143 e. The van der Waals surface area contributed by atoms with Crippen molar-refractivity contribution in [2.75, 3.05) is 44.7 Å². The van der Waals surface area contributed by atoms with Gasteiger partial charge in [0.05, 0.1) is 18.2 Å². The molecule has 0 N–H and O–H groups in total. The normalized spacial score (nSPS) is 16.5. The van der Waals surface area contributed by atoms with Crippen LogP contribution in [0.25, 0.3) is 0 Å². The molecule has 4 heteroatoms. The third-order valence-electron chi connectivity index (χ3n) is 7.01. The van der Waals surface area contributed by atoms with E-state index in [1.807, 2.05) is 18.2 Å². The number of ether oxygens (including phenoxy) is 1. The summed E-state index contributed by atoms with van der Waals surface area (Å²) >= 11 is 0. The van der Waals surface area contributed by atoms with Gasteiger partial charge >= 0.3 is 0 Å². The Bertz CT molecular complexity index is 830. The molecule has 32 heavy (non-hydrogen) atoms. The molecule has 174 valence electrons. The number of ketones is 1. The first-order valence-corrected chi connectivity index (χ1v) is 12.3. The zero-order valence-electron chi connectivity index (χ0n) is 20.2. The van der Waals surface area contributed by atoms with Gasteiger partial charge in [0.15, 0.2) is 0 Å². The van der Waals surface area contributed by atoms with Crippen LogP contribution in [0.15, 0.2) is 54.6 Å². The Morgan fingerprint density at radius 2 is 1.62 bits per heavy atom. The number of hydrogen-bond donors (Lipinski definition) is 0. The van der Waals surface area contributed by atoms with E-state index >= 15 is 0 Å². The minimum absolute atomic E-state index is 0.396. The first kappa shape index (κ1) is 24.3. The van der Waals surface area contributed by atoms with E-state index in [0.29, 0.717) is 12.2 Å². The molecule has 0 bridgehead atoms. The molecule has 0 radical (unpaired) electrons. The minimum atomic E-state index is -0.409. The quantitative estimate of drug-likeness (QED) is 0.399. The molecular formula is C28H40N2O2. The number of Topliss-reactive ketones (excluding diaryl/α,β-unsaturated/α-hetero) is 1. The molecular weight excluding hydrogens is 396 g/mol. The van der Waals surface area contributed by atoms with Crippen LogP contribution in [0.2, 0.25) is 0 Å². The van der Waals surface area contributed by atoms with Crippen molar-refractivity contribution < 1.29 is 9.53 Å². The summed E-state index contributed by atoms with van der Waals surface area (Å²) in [7, 11) is 1.73. The van der Waals surface area contributed by atoms with Crippen LogP contribution in [0.4, 0.5) is 5.69 Å². The lowest BCUT2D eigenvalue weighted by molar-refractivity contribution is -0.124. The second-order valence-electron chi connectivity index (χ2n) is 9.18. The van der Waals surface area contributed by atoms with Gasteiger partial charge in [0.25, 0.3) is 0 Å².